The molecule has 1 saturated heterocycles. The van der Waals surface area contributed by atoms with Crippen molar-refractivity contribution in [1.29, 1.82) is 0 Å². The van der Waals surface area contributed by atoms with Gasteiger partial charge >= 0.3 is 5.69 Å². The highest BCUT2D eigenvalue weighted by Gasteiger charge is 2.23. The maximum Gasteiger partial charge on any atom is 0.308 e. The molecular formula is C11H16N3O2+. The molecule has 0 amide bonds. The average molecular weight is 222 g/mol. The number of H-pyrrole nitrogens is 1. The second kappa shape index (κ2) is 4.47. The molecule has 1 aromatic heterocycles. The predicted octanol–water partition coefficient (Wildman–Crippen LogP) is 1.65. The van der Waals surface area contributed by atoms with E-state index in [0.29, 0.717) is 5.92 Å². The van der Waals surface area contributed by atoms with Gasteiger partial charge in [-0.3, -0.25) is 15.0 Å². The minimum atomic E-state index is -0.390. The molecule has 0 radical (unpaired) electrons. The molecule has 5 nitrogen and oxygen atoms in total. The molecule has 1 fully saturated rings. The largest absolute Gasteiger partial charge is 0.308 e. The fraction of sp³-hybridized carbons (Fsp3) is 0.545. The second-order valence-corrected chi connectivity index (χ2v) is 4.38. The number of rotatable bonds is 2. The molecule has 1 aromatic rings. The summed E-state index contributed by atoms with van der Waals surface area (Å²) in [7, 11) is 0. The first-order chi connectivity index (χ1) is 7.66. The Bertz CT molecular complexity index is 377. The highest BCUT2D eigenvalue weighted by molar-refractivity contribution is 5.37. The van der Waals surface area contributed by atoms with Gasteiger partial charge in [-0.2, -0.15) is 0 Å². The van der Waals surface area contributed by atoms with Gasteiger partial charge in [-0.15, -0.1) is 0 Å². The van der Waals surface area contributed by atoms with Crippen LogP contribution in [0, 0.1) is 16.0 Å². The Morgan fingerprint density at radius 1 is 1.56 bits per heavy atom. The van der Waals surface area contributed by atoms with E-state index in [1.165, 1.54) is 19.0 Å². The smallest absolute Gasteiger partial charge is 0.262 e. The van der Waals surface area contributed by atoms with Crippen LogP contribution in [0.4, 0.5) is 11.5 Å². The van der Waals surface area contributed by atoms with E-state index in [4.69, 9.17) is 0 Å². The number of piperidine rings is 1. The molecule has 1 aliphatic heterocycles. The number of aromatic amines is 1. The normalized spacial score (nSPS) is 20.8. The minimum Gasteiger partial charge on any atom is -0.262 e. The lowest BCUT2D eigenvalue weighted by atomic mass is 10.0. The van der Waals surface area contributed by atoms with E-state index < -0.39 is 0 Å². The molecule has 1 aliphatic rings. The van der Waals surface area contributed by atoms with Gasteiger partial charge in [-0.25, -0.2) is 4.98 Å². The third-order valence-corrected chi connectivity index (χ3v) is 2.99. The molecule has 0 aliphatic carbocycles. The molecule has 2 heterocycles. The van der Waals surface area contributed by atoms with Crippen molar-refractivity contribution in [3.05, 3.63) is 28.4 Å². The molecule has 1 atom stereocenters. The summed E-state index contributed by atoms with van der Waals surface area (Å²) in [6.07, 6.45) is 3.91. The van der Waals surface area contributed by atoms with E-state index in [9.17, 15) is 10.1 Å². The highest BCUT2D eigenvalue weighted by atomic mass is 16.6. The van der Waals surface area contributed by atoms with Crippen LogP contribution in [-0.4, -0.2) is 18.0 Å². The molecule has 0 saturated carbocycles. The summed E-state index contributed by atoms with van der Waals surface area (Å²) >= 11 is 0. The van der Waals surface area contributed by atoms with E-state index in [1.54, 1.807) is 12.1 Å². The summed E-state index contributed by atoms with van der Waals surface area (Å²) in [5, 5.41) is 10.5. The van der Waals surface area contributed by atoms with Crippen LogP contribution >= 0.6 is 0 Å². The van der Waals surface area contributed by atoms with Crippen molar-refractivity contribution in [2.24, 2.45) is 5.92 Å². The van der Waals surface area contributed by atoms with E-state index in [1.807, 2.05) is 0 Å². The van der Waals surface area contributed by atoms with Crippen LogP contribution in [-0.2, 0) is 0 Å². The topological polar surface area (TPSA) is 60.5 Å². The third kappa shape index (κ3) is 2.29. The van der Waals surface area contributed by atoms with Crippen LogP contribution in [0.2, 0.25) is 0 Å². The standard InChI is InChI=1S/C11H15N3O2/c1-9-3-2-6-13(8-9)11-5-4-10(7-12-11)14(15)16/h4-5,7,9H,2-3,6,8H2,1H3/p+1/t9-/m0/s1. The van der Waals surface area contributed by atoms with Crippen LogP contribution in [0.5, 0.6) is 0 Å². The maximum atomic E-state index is 10.5. The van der Waals surface area contributed by atoms with E-state index in [0.717, 1.165) is 18.9 Å². The van der Waals surface area contributed by atoms with Gasteiger partial charge in [0.25, 0.3) is 5.82 Å². The zero-order valence-corrected chi connectivity index (χ0v) is 9.35. The SMILES string of the molecule is C[C@H]1CCCN(c2ccc([N+](=O)[O-])c[nH+]2)C1. The van der Waals surface area contributed by atoms with Crippen molar-refractivity contribution < 1.29 is 9.91 Å². The van der Waals surface area contributed by atoms with Gasteiger partial charge in [0.2, 0.25) is 0 Å². The molecule has 0 unspecified atom stereocenters. The van der Waals surface area contributed by atoms with Crippen molar-refractivity contribution in [2.75, 3.05) is 18.0 Å². The molecule has 5 heteroatoms. The monoisotopic (exact) mass is 222 g/mol. The number of nitrogens with one attached hydrogen (secondary N) is 1. The molecule has 1 N–H and O–H groups in total. The van der Waals surface area contributed by atoms with Crippen molar-refractivity contribution in [3.63, 3.8) is 0 Å². The maximum absolute atomic E-state index is 10.5. The zero-order valence-electron chi connectivity index (χ0n) is 9.35. The number of hydrogen-bond donors (Lipinski definition) is 0. The van der Waals surface area contributed by atoms with Crippen LogP contribution in [0.3, 0.4) is 0 Å². The Kier molecular flexibility index (Phi) is 3.03. The first-order valence-corrected chi connectivity index (χ1v) is 5.58. The van der Waals surface area contributed by atoms with Gasteiger partial charge in [0.05, 0.1) is 18.0 Å². The lowest BCUT2D eigenvalue weighted by molar-refractivity contribution is -0.414. The van der Waals surface area contributed by atoms with Crippen LogP contribution in [0.15, 0.2) is 18.3 Å². The Hall–Kier alpha value is -1.65. The molecule has 16 heavy (non-hydrogen) atoms. The summed E-state index contributed by atoms with van der Waals surface area (Å²) in [5.41, 5.74) is 0.105. The van der Waals surface area contributed by atoms with Gasteiger partial charge in [0, 0.05) is 12.1 Å². The van der Waals surface area contributed by atoms with Gasteiger partial charge in [0.15, 0.2) is 6.20 Å². The van der Waals surface area contributed by atoms with Crippen LogP contribution in [0.1, 0.15) is 19.8 Å². The second-order valence-electron chi connectivity index (χ2n) is 4.38. The van der Waals surface area contributed by atoms with Crippen molar-refractivity contribution in [3.8, 4) is 0 Å². The number of nitrogens with zero attached hydrogens (tertiary/aromatic N) is 2. The van der Waals surface area contributed by atoms with Crippen molar-refractivity contribution >= 4 is 11.5 Å². The minimum absolute atomic E-state index is 0.105. The number of nitro groups is 1. The fourth-order valence-electron chi connectivity index (χ4n) is 2.13. The molecular weight excluding hydrogens is 206 g/mol. The quantitative estimate of drug-likeness (QED) is 0.564. The lowest BCUT2D eigenvalue weighted by Crippen LogP contribution is -2.37. The Labute approximate surface area is 94.2 Å². The Balaban J connectivity index is 2.11. The third-order valence-electron chi connectivity index (χ3n) is 2.99. The summed E-state index contributed by atoms with van der Waals surface area (Å²) in [4.78, 5) is 15.4. The molecule has 0 aromatic carbocycles. The van der Waals surface area contributed by atoms with Crippen LogP contribution in [0.25, 0.3) is 0 Å². The number of aromatic nitrogens is 1. The highest BCUT2D eigenvalue weighted by Crippen LogP contribution is 2.20. The fourth-order valence-corrected chi connectivity index (χ4v) is 2.13. The molecule has 0 bridgehead atoms. The first kappa shape index (κ1) is 10.9. The van der Waals surface area contributed by atoms with Gasteiger partial charge < -0.3 is 0 Å². The molecule has 0 spiro atoms. The molecule has 2 rings (SSSR count). The Morgan fingerprint density at radius 3 is 2.94 bits per heavy atom. The van der Waals surface area contributed by atoms with E-state index in [-0.39, 0.29) is 10.6 Å². The summed E-state index contributed by atoms with van der Waals surface area (Å²) < 4.78 is 0. The summed E-state index contributed by atoms with van der Waals surface area (Å²) in [6, 6.07) is 3.33. The average Bonchev–Trinajstić information content (AvgIpc) is 2.29. The number of anilines is 1. The van der Waals surface area contributed by atoms with Gasteiger partial charge in [0.1, 0.15) is 0 Å². The predicted molar refractivity (Wildman–Crippen MR) is 60.3 cm³/mol. The van der Waals surface area contributed by atoms with Crippen LogP contribution < -0.4 is 9.88 Å². The number of hydrogen-bond acceptors (Lipinski definition) is 3. The zero-order chi connectivity index (χ0) is 11.5. The summed E-state index contributed by atoms with van der Waals surface area (Å²) in [5.74, 6) is 1.66. The Morgan fingerprint density at radius 2 is 2.38 bits per heavy atom. The van der Waals surface area contributed by atoms with Crippen molar-refractivity contribution in [2.45, 2.75) is 19.8 Å². The van der Waals surface area contributed by atoms with E-state index >= 15 is 0 Å². The lowest BCUT2D eigenvalue weighted by Gasteiger charge is -2.25. The van der Waals surface area contributed by atoms with Crippen molar-refractivity contribution in [1.82, 2.24) is 0 Å². The van der Waals surface area contributed by atoms with E-state index in [2.05, 4.69) is 16.8 Å². The first-order valence-electron chi connectivity index (χ1n) is 5.58. The van der Waals surface area contributed by atoms with Gasteiger partial charge in [-0.1, -0.05) is 6.92 Å². The molecule has 86 valence electrons. The van der Waals surface area contributed by atoms with Gasteiger partial charge in [-0.05, 0) is 18.8 Å². The number of pyridine rings is 1. The summed E-state index contributed by atoms with van der Waals surface area (Å²) in [6.45, 7) is 4.28.